The molecule has 88 valence electrons. The van der Waals surface area contributed by atoms with Crippen molar-refractivity contribution in [1.82, 2.24) is 0 Å². The molecule has 2 aromatic carbocycles. The Bertz CT molecular complexity index is 558. The predicted molar refractivity (Wildman–Crippen MR) is 67.7 cm³/mol. The van der Waals surface area contributed by atoms with Gasteiger partial charge in [0.2, 0.25) is 0 Å². The number of rotatable bonds is 3. The Labute approximate surface area is 158 Å². The van der Waals surface area contributed by atoms with E-state index >= 15 is 0 Å². The molecule has 0 saturated heterocycles. The van der Waals surface area contributed by atoms with Crippen molar-refractivity contribution in [3.8, 4) is 0 Å². The maximum absolute atomic E-state index is 10.9. The first-order valence-electron chi connectivity index (χ1n) is 5.00. The first-order chi connectivity index (χ1) is 8.05. The molecule has 1 atom stereocenters. The fourth-order valence-corrected chi connectivity index (χ4v) is 3.23. The molecule has 19 heavy (non-hydrogen) atoms. The summed E-state index contributed by atoms with van der Waals surface area (Å²) in [4.78, 5) is 21.8. The monoisotopic (exact) mass is 310 g/mol. The Kier molecular flexibility index (Phi) is 9.61. The van der Waals surface area contributed by atoms with Crippen molar-refractivity contribution in [2.45, 2.75) is 0 Å². The van der Waals surface area contributed by atoms with Gasteiger partial charge in [-0.15, -0.1) is 0 Å². The van der Waals surface area contributed by atoms with Crippen molar-refractivity contribution in [1.29, 1.82) is 0 Å². The van der Waals surface area contributed by atoms with Gasteiger partial charge in [0.1, 0.15) is 0 Å². The predicted octanol–water partition coefficient (Wildman–Crippen LogP) is -6.14. The SMILES string of the molecule is O=P([O-])([O-])c1cccc(Pc2ccccc2)c1.[Na+].[Na+]. The Morgan fingerprint density at radius 1 is 0.842 bits per heavy atom. The standard InChI is InChI=1S/C12H12O3P2.2Na/c13-17(14,15)12-8-4-7-11(9-12)16-10-5-2-1-3-6-10;;/h1-9,16H,(H2,13,14,15);;/q;2*+1/p-2. The Balaban J connectivity index is 0.00000162. The minimum atomic E-state index is -4.65. The van der Waals surface area contributed by atoms with Crippen molar-refractivity contribution < 1.29 is 73.5 Å². The van der Waals surface area contributed by atoms with E-state index in [0.717, 1.165) is 10.6 Å². The van der Waals surface area contributed by atoms with E-state index < -0.39 is 7.60 Å². The van der Waals surface area contributed by atoms with E-state index in [0.29, 0.717) is 8.58 Å². The molecule has 0 spiro atoms. The van der Waals surface area contributed by atoms with Crippen LogP contribution in [0.5, 0.6) is 0 Å². The Hall–Kier alpha value is 1.02. The molecule has 0 fully saturated rings. The summed E-state index contributed by atoms with van der Waals surface area (Å²) in [5.74, 6) is 0. The van der Waals surface area contributed by atoms with Gasteiger partial charge < -0.3 is 14.4 Å². The molecule has 3 nitrogen and oxygen atoms in total. The molecule has 0 saturated carbocycles. The van der Waals surface area contributed by atoms with E-state index in [-0.39, 0.29) is 64.4 Å². The van der Waals surface area contributed by atoms with E-state index in [4.69, 9.17) is 0 Å². The number of hydrogen-bond acceptors (Lipinski definition) is 3. The maximum atomic E-state index is 10.9. The van der Waals surface area contributed by atoms with Crippen LogP contribution in [0.1, 0.15) is 0 Å². The average molecular weight is 310 g/mol. The second-order valence-electron chi connectivity index (χ2n) is 3.54. The first-order valence-corrected chi connectivity index (χ1v) is 7.55. The summed E-state index contributed by atoms with van der Waals surface area (Å²) in [6, 6.07) is 15.9. The summed E-state index contributed by atoms with van der Waals surface area (Å²) in [5.41, 5.74) is 0. The van der Waals surface area contributed by atoms with Gasteiger partial charge >= 0.3 is 59.1 Å². The fourth-order valence-electron chi connectivity index (χ4n) is 1.44. The van der Waals surface area contributed by atoms with Gasteiger partial charge in [0.25, 0.3) is 0 Å². The van der Waals surface area contributed by atoms with Crippen molar-refractivity contribution in [2.75, 3.05) is 0 Å². The zero-order valence-corrected chi connectivity index (χ0v) is 16.8. The second kappa shape index (κ2) is 9.12. The maximum Gasteiger partial charge on any atom is 1.00 e. The van der Waals surface area contributed by atoms with Crippen LogP contribution in [0.25, 0.3) is 0 Å². The van der Waals surface area contributed by atoms with Gasteiger partial charge in [-0.2, -0.15) is 0 Å². The van der Waals surface area contributed by atoms with Crippen LogP contribution in [-0.2, 0) is 4.57 Å². The fraction of sp³-hybridized carbons (Fsp3) is 0. The van der Waals surface area contributed by atoms with Crippen molar-refractivity contribution in [3.05, 3.63) is 54.6 Å². The van der Waals surface area contributed by atoms with E-state index in [1.54, 1.807) is 6.07 Å². The molecule has 0 aliphatic heterocycles. The molecule has 0 aliphatic rings. The molecule has 2 aromatic rings. The summed E-state index contributed by atoms with van der Waals surface area (Å²) in [6.07, 6.45) is 0. The smallest absolute Gasteiger partial charge is 0.807 e. The van der Waals surface area contributed by atoms with Crippen LogP contribution in [0.3, 0.4) is 0 Å². The third-order valence-corrected chi connectivity index (χ3v) is 4.36. The zero-order valence-electron chi connectivity index (χ0n) is 10.9. The average Bonchev–Trinajstić information content (AvgIpc) is 2.29. The third-order valence-electron chi connectivity index (χ3n) is 2.22. The number of benzene rings is 2. The normalized spacial score (nSPS) is 10.8. The zero-order chi connectivity index (χ0) is 12.3. The Morgan fingerprint density at radius 3 is 2.00 bits per heavy atom. The van der Waals surface area contributed by atoms with Crippen LogP contribution >= 0.6 is 16.2 Å². The molecule has 0 N–H and O–H groups in total. The van der Waals surface area contributed by atoms with Crippen LogP contribution in [0.2, 0.25) is 0 Å². The van der Waals surface area contributed by atoms with Gasteiger partial charge in [-0.1, -0.05) is 57.1 Å². The summed E-state index contributed by atoms with van der Waals surface area (Å²) < 4.78 is 10.9. The molecule has 1 unspecified atom stereocenters. The van der Waals surface area contributed by atoms with Crippen LogP contribution < -0.4 is 84.8 Å². The molecule has 2 rings (SSSR count). The molecular formula is C12H10Na2O3P2. The molecule has 0 aliphatic carbocycles. The molecule has 0 heterocycles. The summed E-state index contributed by atoms with van der Waals surface area (Å²) in [5, 5.41) is 1.82. The molecule has 0 amide bonds. The van der Waals surface area contributed by atoms with Gasteiger partial charge in [0.15, 0.2) is 0 Å². The minimum Gasteiger partial charge on any atom is -0.807 e. The molecule has 0 radical (unpaired) electrons. The van der Waals surface area contributed by atoms with Crippen molar-refractivity contribution in [2.24, 2.45) is 0 Å². The van der Waals surface area contributed by atoms with Crippen molar-refractivity contribution >= 4 is 32.1 Å². The van der Waals surface area contributed by atoms with Gasteiger partial charge in [-0.25, -0.2) is 0 Å². The summed E-state index contributed by atoms with van der Waals surface area (Å²) in [7, 11) is -4.29. The third kappa shape index (κ3) is 6.54. The van der Waals surface area contributed by atoms with Crippen LogP contribution in [0.15, 0.2) is 54.6 Å². The summed E-state index contributed by atoms with van der Waals surface area (Å²) in [6.45, 7) is 0. The minimum absolute atomic E-state index is 0. The van der Waals surface area contributed by atoms with Crippen molar-refractivity contribution in [3.63, 3.8) is 0 Å². The first kappa shape index (κ1) is 20.0. The van der Waals surface area contributed by atoms with E-state index in [9.17, 15) is 14.4 Å². The van der Waals surface area contributed by atoms with Crippen LogP contribution in [0.4, 0.5) is 0 Å². The van der Waals surface area contributed by atoms with E-state index in [1.165, 1.54) is 12.1 Å². The van der Waals surface area contributed by atoms with Gasteiger partial charge in [-0.05, 0) is 29.6 Å². The van der Waals surface area contributed by atoms with Gasteiger partial charge in [-0.3, -0.25) is 0 Å². The summed E-state index contributed by atoms with van der Waals surface area (Å²) >= 11 is 0. The molecule has 0 aromatic heterocycles. The topological polar surface area (TPSA) is 63.2 Å². The molecule has 7 heteroatoms. The molecule has 0 bridgehead atoms. The van der Waals surface area contributed by atoms with E-state index in [1.807, 2.05) is 36.4 Å². The Morgan fingerprint density at radius 2 is 1.42 bits per heavy atom. The van der Waals surface area contributed by atoms with E-state index in [2.05, 4.69) is 0 Å². The largest absolute Gasteiger partial charge is 1.00 e. The van der Waals surface area contributed by atoms with Gasteiger partial charge in [0.05, 0.1) is 0 Å². The van der Waals surface area contributed by atoms with Crippen LogP contribution in [-0.4, -0.2) is 0 Å². The van der Waals surface area contributed by atoms with Crippen LogP contribution in [0, 0.1) is 0 Å². The quantitative estimate of drug-likeness (QED) is 0.419. The number of hydrogen-bond donors (Lipinski definition) is 0. The molecular weight excluding hydrogens is 300 g/mol. The second-order valence-corrected chi connectivity index (χ2v) is 6.45. The van der Waals surface area contributed by atoms with Gasteiger partial charge in [0, 0.05) is 0 Å².